The van der Waals surface area contributed by atoms with Crippen molar-refractivity contribution in [2.75, 3.05) is 13.7 Å². The Balaban J connectivity index is 4.41. The van der Waals surface area contributed by atoms with E-state index in [2.05, 4.69) is 8.92 Å². The highest BCUT2D eigenvalue weighted by atomic mass is 32.2. The largest absolute Gasteiger partial charge is 0.468 e. The first-order chi connectivity index (χ1) is 6.29. The summed E-state index contributed by atoms with van der Waals surface area (Å²) < 4.78 is 61.7. The highest BCUT2D eigenvalue weighted by Gasteiger charge is 2.46. The van der Waals surface area contributed by atoms with E-state index in [0.717, 1.165) is 7.11 Å². The number of halogens is 3. The summed E-state index contributed by atoms with van der Waals surface area (Å²) in [6.07, 6.45) is -4.87. The SMILES string of the molecule is COC(=O)[C@@H](COS(=O)O)C(F)(F)F. The topological polar surface area (TPSA) is 72.8 Å². The molecular weight excluding hydrogens is 229 g/mol. The second kappa shape index (κ2) is 5.27. The number of hydrogen-bond acceptors (Lipinski definition) is 4. The van der Waals surface area contributed by atoms with Crippen LogP contribution in [0, 0.1) is 5.92 Å². The molecule has 0 rings (SSSR count). The maximum atomic E-state index is 12.0. The van der Waals surface area contributed by atoms with Gasteiger partial charge < -0.3 is 4.74 Å². The zero-order chi connectivity index (χ0) is 11.4. The van der Waals surface area contributed by atoms with Crippen molar-refractivity contribution in [2.24, 2.45) is 5.92 Å². The second-order valence-electron chi connectivity index (χ2n) is 2.12. The summed E-state index contributed by atoms with van der Waals surface area (Å²) in [7, 11) is 0.775. The summed E-state index contributed by atoms with van der Waals surface area (Å²) >= 11 is -2.85. The van der Waals surface area contributed by atoms with Crippen LogP contribution in [0.2, 0.25) is 0 Å². The third-order valence-corrected chi connectivity index (χ3v) is 1.55. The smallest absolute Gasteiger partial charge is 0.404 e. The lowest BCUT2D eigenvalue weighted by atomic mass is 10.1. The van der Waals surface area contributed by atoms with Crippen molar-refractivity contribution < 1.29 is 35.6 Å². The fraction of sp³-hybridized carbons (Fsp3) is 0.800. The molecule has 1 unspecified atom stereocenters. The summed E-state index contributed by atoms with van der Waals surface area (Å²) in [6, 6.07) is 0. The third-order valence-electron chi connectivity index (χ3n) is 1.22. The van der Waals surface area contributed by atoms with Crippen molar-refractivity contribution in [2.45, 2.75) is 6.18 Å². The summed E-state index contributed by atoms with van der Waals surface area (Å²) in [5.41, 5.74) is 0. The van der Waals surface area contributed by atoms with Gasteiger partial charge in [-0.25, -0.2) is 0 Å². The average molecular weight is 236 g/mol. The van der Waals surface area contributed by atoms with E-state index >= 15 is 0 Å². The highest BCUT2D eigenvalue weighted by molar-refractivity contribution is 7.74. The van der Waals surface area contributed by atoms with Gasteiger partial charge in [-0.2, -0.15) is 17.4 Å². The van der Waals surface area contributed by atoms with Gasteiger partial charge in [0.2, 0.25) is 0 Å². The predicted molar refractivity (Wildman–Crippen MR) is 38.3 cm³/mol. The lowest BCUT2D eigenvalue weighted by Crippen LogP contribution is -2.35. The van der Waals surface area contributed by atoms with Gasteiger partial charge in [0.15, 0.2) is 5.92 Å². The molecule has 1 N–H and O–H groups in total. The molecule has 0 aliphatic rings. The molecule has 2 atom stereocenters. The van der Waals surface area contributed by atoms with Crippen molar-refractivity contribution in [3.8, 4) is 0 Å². The Labute approximate surface area is 79.7 Å². The molecule has 9 heteroatoms. The van der Waals surface area contributed by atoms with E-state index in [4.69, 9.17) is 4.55 Å². The number of carbonyl (C=O) groups is 1. The quantitative estimate of drug-likeness (QED) is 0.568. The van der Waals surface area contributed by atoms with Crippen LogP contribution in [0.25, 0.3) is 0 Å². The molecule has 0 saturated heterocycles. The average Bonchev–Trinajstić information content (AvgIpc) is 2.01. The van der Waals surface area contributed by atoms with Gasteiger partial charge in [-0.3, -0.25) is 13.5 Å². The Kier molecular flexibility index (Phi) is 5.02. The molecule has 0 saturated carbocycles. The van der Waals surface area contributed by atoms with Crippen molar-refractivity contribution in [3.63, 3.8) is 0 Å². The van der Waals surface area contributed by atoms with Crippen LogP contribution in [-0.2, 0) is 25.1 Å². The van der Waals surface area contributed by atoms with Crippen LogP contribution >= 0.6 is 0 Å². The molecular formula is C5H7F3O5S. The molecule has 0 aromatic carbocycles. The minimum Gasteiger partial charge on any atom is -0.468 e. The molecule has 84 valence electrons. The lowest BCUT2D eigenvalue weighted by Gasteiger charge is -2.16. The van der Waals surface area contributed by atoms with Gasteiger partial charge in [0, 0.05) is 0 Å². The van der Waals surface area contributed by atoms with Gasteiger partial charge in [-0.15, -0.1) is 0 Å². The number of carbonyl (C=O) groups excluding carboxylic acids is 1. The zero-order valence-corrected chi connectivity index (χ0v) is 7.72. The van der Waals surface area contributed by atoms with Gasteiger partial charge in [0.05, 0.1) is 13.7 Å². The number of esters is 1. The fourth-order valence-corrected chi connectivity index (χ4v) is 0.817. The molecule has 0 spiro atoms. The first kappa shape index (κ1) is 13.3. The second-order valence-corrected chi connectivity index (χ2v) is 2.79. The monoisotopic (exact) mass is 236 g/mol. The van der Waals surface area contributed by atoms with Crippen molar-refractivity contribution in [1.82, 2.24) is 0 Å². The Morgan fingerprint density at radius 2 is 2.07 bits per heavy atom. The fourth-order valence-electron chi connectivity index (χ4n) is 0.565. The molecule has 0 aromatic heterocycles. The minimum atomic E-state index is -4.87. The molecule has 0 heterocycles. The summed E-state index contributed by atoms with van der Waals surface area (Å²) in [6.45, 7) is -1.25. The van der Waals surface area contributed by atoms with Gasteiger partial charge in [0.1, 0.15) is 0 Å². The maximum Gasteiger partial charge on any atom is 0.404 e. The van der Waals surface area contributed by atoms with Crippen molar-refractivity contribution >= 4 is 17.3 Å². The minimum absolute atomic E-state index is 0.775. The molecule has 14 heavy (non-hydrogen) atoms. The number of ether oxygens (including phenoxy) is 1. The predicted octanol–water partition coefficient (Wildman–Crippen LogP) is 0.491. The van der Waals surface area contributed by atoms with Crippen LogP contribution in [0.1, 0.15) is 0 Å². The molecule has 5 nitrogen and oxygen atoms in total. The number of alkyl halides is 3. The Hall–Kier alpha value is -0.670. The van der Waals surface area contributed by atoms with Gasteiger partial charge in [-0.05, 0) is 0 Å². The van der Waals surface area contributed by atoms with E-state index in [1.807, 2.05) is 0 Å². The first-order valence-corrected chi connectivity index (χ1v) is 4.21. The van der Waals surface area contributed by atoms with Crippen molar-refractivity contribution in [1.29, 1.82) is 0 Å². The molecule has 0 fully saturated rings. The van der Waals surface area contributed by atoms with Gasteiger partial charge >= 0.3 is 23.5 Å². The van der Waals surface area contributed by atoms with E-state index < -0.39 is 36.0 Å². The van der Waals surface area contributed by atoms with E-state index in [0.29, 0.717) is 0 Å². The zero-order valence-electron chi connectivity index (χ0n) is 6.91. The summed E-state index contributed by atoms with van der Waals surface area (Å²) in [4.78, 5) is 10.6. The number of methoxy groups -OCH3 is 1. The molecule has 0 aliphatic carbocycles. The summed E-state index contributed by atoms with van der Waals surface area (Å²) in [5, 5.41) is 0. The van der Waals surface area contributed by atoms with Crippen LogP contribution in [0.4, 0.5) is 13.2 Å². The Morgan fingerprint density at radius 1 is 1.57 bits per heavy atom. The van der Waals surface area contributed by atoms with E-state index in [1.165, 1.54) is 0 Å². The van der Waals surface area contributed by atoms with E-state index in [9.17, 15) is 22.2 Å². The molecule has 0 aromatic rings. The van der Waals surface area contributed by atoms with Gasteiger partial charge in [-0.1, -0.05) is 0 Å². The van der Waals surface area contributed by atoms with Crippen LogP contribution in [-0.4, -0.2) is 34.6 Å². The lowest BCUT2D eigenvalue weighted by molar-refractivity contribution is -0.200. The molecule has 0 aliphatic heterocycles. The Bertz CT molecular complexity index is 228. The van der Waals surface area contributed by atoms with Crippen LogP contribution in [0.15, 0.2) is 0 Å². The standard InChI is InChI=1S/C5H7F3O5S/c1-12-4(9)3(5(6,7)8)2-13-14(10)11/h3H,2H2,1H3,(H,10,11)/t3-/m1/s1. The van der Waals surface area contributed by atoms with Gasteiger partial charge in [0.25, 0.3) is 0 Å². The van der Waals surface area contributed by atoms with Crippen LogP contribution in [0.5, 0.6) is 0 Å². The molecule has 0 radical (unpaired) electrons. The van der Waals surface area contributed by atoms with E-state index in [1.54, 1.807) is 0 Å². The van der Waals surface area contributed by atoms with Crippen molar-refractivity contribution in [3.05, 3.63) is 0 Å². The number of rotatable bonds is 4. The Morgan fingerprint density at radius 3 is 2.36 bits per heavy atom. The maximum absolute atomic E-state index is 12.0. The molecule has 0 bridgehead atoms. The first-order valence-electron chi connectivity index (χ1n) is 3.17. The molecule has 0 amide bonds. The summed E-state index contributed by atoms with van der Waals surface area (Å²) in [5.74, 6) is -4.12. The van der Waals surface area contributed by atoms with E-state index in [-0.39, 0.29) is 0 Å². The van der Waals surface area contributed by atoms with Crippen LogP contribution in [0.3, 0.4) is 0 Å². The highest BCUT2D eigenvalue weighted by Crippen LogP contribution is 2.27. The normalized spacial score (nSPS) is 16.1. The number of hydrogen-bond donors (Lipinski definition) is 1. The van der Waals surface area contributed by atoms with Crippen LogP contribution < -0.4 is 0 Å². The third kappa shape index (κ3) is 4.53.